The number of nitrogens with two attached hydrogens (primary N) is 2. The SMILES string of the molecule is C/C(=N/N=C(N)N)C(F)(F)F. The number of alkyl halides is 3. The number of hydrogen-bond acceptors (Lipinski definition) is 2. The van der Waals surface area contributed by atoms with E-state index in [4.69, 9.17) is 11.5 Å². The van der Waals surface area contributed by atoms with E-state index in [0.717, 1.165) is 6.92 Å². The van der Waals surface area contributed by atoms with Gasteiger partial charge in [0.1, 0.15) is 5.71 Å². The van der Waals surface area contributed by atoms with E-state index >= 15 is 0 Å². The van der Waals surface area contributed by atoms with E-state index in [1.165, 1.54) is 0 Å². The fraction of sp³-hybridized carbons (Fsp3) is 0.500. The second-order valence-electron chi connectivity index (χ2n) is 1.71. The fourth-order valence-corrected chi connectivity index (χ4v) is 0.189. The summed E-state index contributed by atoms with van der Waals surface area (Å²) in [6.45, 7) is 0.770. The lowest BCUT2D eigenvalue weighted by Gasteiger charge is -2.01. The highest BCUT2D eigenvalue weighted by atomic mass is 19.4. The van der Waals surface area contributed by atoms with Gasteiger partial charge in [0.25, 0.3) is 0 Å². The molecule has 0 aliphatic heterocycles. The molecule has 0 bridgehead atoms. The third kappa shape index (κ3) is 4.18. The number of rotatable bonds is 1. The lowest BCUT2D eigenvalue weighted by atomic mass is 10.4. The minimum Gasteiger partial charge on any atom is -0.369 e. The first-order valence-electron chi connectivity index (χ1n) is 2.54. The molecule has 0 heterocycles. The highest BCUT2D eigenvalue weighted by Crippen LogP contribution is 2.16. The molecule has 0 aromatic heterocycles. The molecule has 64 valence electrons. The summed E-state index contributed by atoms with van der Waals surface area (Å²) in [5, 5.41) is 5.56. The van der Waals surface area contributed by atoms with Crippen LogP contribution in [0.15, 0.2) is 10.2 Å². The van der Waals surface area contributed by atoms with Crippen molar-refractivity contribution in [1.29, 1.82) is 0 Å². The topological polar surface area (TPSA) is 76.8 Å². The molecule has 0 spiro atoms. The summed E-state index contributed by atoms with van der Waals surface area (Å²) in [6, 6.07) is 0. The first-order chi connectivity index (χ1) is 4.84. The Kier molecular flexibility index (Phi) is 2.85. The van der Waals surface area contributed by atoms with Crippen LogP contribution in [0.4, 0.5) is 13.2 Å². The highest BCUT2D eigenvalue weighted by molar-refractivity contribution is 5.88. The molecule has 4 nitrogen and oxygen atoms in total. The first kappa shape index (κ1) is 9.73. The van der Waals surface area contributed by atoms with Crippen LogP contribution in [0.1, 0.15) is 6.92 Å². The third-order valence-corrected chi connectivity index (χ3v) is 0.726. The molecule has 0 radical (unpaired) electrons. The molecule has 11 heavy (non-hydrogen) atoms. The Morgan fingerprint density at radius 1 is 1.18 bits per heavy atom. The molecule has 0 saturated carbocycles. The largest absolute Gasteiger partial charge is 0.431 e. The first-order valence-corrected chi connectivity index (χ1v) is 2.54. The zero-order chi connectivity index (χ0) is 9.07. The second kappa shape index (κ2) is 3.22. The van der Waals surface area contributed by atoms with Gasteiger partial charge in [-0.2, -0.15) is 13.2 Å². The van der Waals surface area contributed by atoms with Crippen LogP contribution >= 0.6 is 0 Å². The summed E-state index contributed by atoms with van der Waals surface area (Å²) in [7, 11) is 0. The Morgan fingerprint density at radius 2 is 1.64 bits per heavy atom. The van der Waals surface area contributed by atoms with Crippen LogP contribution in [-0.2, 0) is 0 Å². The maximum absolute atomic E-state index is 11.6. The predicted molar refractivity (Wildman–Crippen MR) is 35.0 cm³/mol. The number of halogens is 3. The number of guanidine groups is 1. The van der Waals surface area contributed by atoms with Gasteiger partial charge in [-0.3, -0.25) is 0 Å². The third-order valence-electron chi connectivity index (χ3n) is 0.726. The summed E-state index contributed by atoms with van der Waals surface area (Å²) >= 11 is 0. The van der Waals surface area contributed by atoms with E-state index in [9.17, 15) is 13.2 Å². The van der Waals surface area contributed by atoms with Crippen LogP contribution in [0.2, 0.25) is 0 Å². The zero-order valence-corrected chi connectivity index (χ0v) is 5.68. The Morgan fingerprint density at radius 3 is 1.91 bits per heavy atom. The highest BCUT2D eigenvalue weighted by Gasteiger charge is 2.32. The van der Waals surface area contributed by atoms with Gasteiger partial charge in [-0.25, -0.2) is 0 Å². The normalized spacial score (nSPS) is 12.9. The maximum atomic E-state index is 11.6. The van der Waals surface area contributed by atoms with E-state index in [-0.39, 0.29) is 0 Å². The summed E-state index contributed by atoms with van der Waals surface area (Å²) in [5.74, 6) is -0.506. The van der Waals surface area contributed by atoms with E-state index in [0.29, 0.717) is 0 Å². The van der Waals surface area contributed by atoms with Crippen molar-refractivity contribution in [1.82, 2.24) is 0 Å². The summed E-state index contributed by atoms with van der Waals surface area (Å²) in [6.07, 6.45) is -4.47. The smallest absolute Gasteiger partial charge is 0.369 e. The maximum Gasteiger partial charge on any atom is 0.431 e. The molecule has 7 heteroatoms. The second-order valence-corrected chi connectivity index (χ2v) is 1.71. The molecular formula is C4H7F3N4. The van der Waals surface area contributed by atoms with Crippen LogP contribution in [0.5, 0.6) is 0 Å². The summed E-state index contributed by atoms with van der Waals surface area (Å²) < 4.78 is 34.9. The predicted octanol–water partition coefficient (Wildman–Crippen LogP) is 0.198. The van der Waals surface area contributed by atoms with E-state index in [2.05, 4.69) is 10.2 Å². The Hall–Kier alpha value is -1.27. The minimum absolute atomic E-state index is 0.506. The lowest BCUT2D eigenvalue weighted by molar-refractivity contribution is -0.0593. The van der Waals surface area contributed by atoms with E-state index < -0.39 is 17.8 Å². The lowest BCUT2D eigenvalue weighted by Crippen LogP contribution is -2.23. The molecule has 0 aromatic carbocycles. The van der Waals surface area contributed by atoms with Gasteiger partial charge in [-0.05, 0) is 6.92 Å². The van der Waals surface area contributed by atoms with Crippen molar-refractivity contribution < 1.29 is 13.2 Å². The fourth-order valence-electron chi connectivity index (χ4n) is 0.189. The van der Waals surface area contributed by atoms with E-state index in [1.807, 2.05) is 0 Å². The molecule has 4 N–H and O–H groups in total. The van der Waals surface area contributed by atoms with Crippen molar-refractivity contribution in [2.75, 3.05) is 0 Å². The average molecular weight is 168 g/mol. The van der Waals surface area contributed by atoms with Crippen molar-refractivity contribution in [2.45, 2.75) is 13.1 Å². The molecule has 0 amide bonds. The minimum atomic E-state index is -4.47. The molecule has 0 unspecified atom stereocenters. The summed E-state index contributed by atoms with van der Waals surface area (Å²) in [5.41, 5.74) is 8.38. The zero-order valence-electron chi connectivity index (χ0n) is 5.68. The number of nitrogens with zero attached hydrogens (tertiary/aromatic N) is 2. The van der Waals surface area contributed by atoms with Crippen molar-refractivity contribution >= 4 is 11.7 Å². The Bertz CT molecular complexity index is 188. The van der Waals surface area contributed by atoms with Crippen LogP contribution in [0.3, 0.4) is 0 Å². The molecule has 0 atom stereocenters. The molecule has 0 aliphatic rings. The van der Waals surface area contributed by atoms with Gasteiger partial charge >= 0.3 is 6.18 Å². The van der Waals surface area contributed by atoms with E-state index in [1.54, 1.807) is 0 Å². The van der Waals surface area contributed by atoms with Crippen LogP contribution < -0.4 is 11.5 Å². The Labute approximate surface area is 60.8 Å². The van der Waals surface area contributed by atoms with Gasteiger partial charge in [-0.15, -0.1) is 10.2 Å². The van der Waals surface area contributed by atoms with Gasteiger partial charge in [0.15, 0.2) is 0 Å². The van der Waals surface area contributed by atoms with Crippen LogP contribution in [0.25, 0.3) is 0 Å². The van der Waals surface area contributed by atoms with Gasteiger partial charge < -0.3 is 11.5 Å². The van der Waals surface area contributed by atoms with Crippen molar-refractivity contribution in [3.05, 3.63) is 0 Å². The van der Waals surface area contributed by atoms with Crippen LogP contribution in [0, 0.1) is 0 Å². The quantitative estimate of drug-likeness (QED) is 0.333. The average Bonchev–Trinajstić information content (AvgIpc) is 1.80. The summed E-state index contributed by atoms with van der Waals surface area (Å²) in [4.78, 5) is 0. The molecular weight excluding hydrogens is 161 g/mol. The monoisotopic (exact) mass is 168 g/mol. The van der Waals surface area contributed by atoms with Crippen molar-refractivity contribution in [2.24, 2.45) is 21.7 Å². The van der Waals surface area contributed by atoms with Crippen molar-refractivity contribution in [3.63, 3.8) is 0 Å². The van der Waals surface area contributed by atoms with Gasteiger partial charge in [0.05, 0.1) is 0 Å². The number of hydrogen-bond donors (Lipinski definition) is 2. The molecule has 0 rings (SSSR count). The van der Waals surface area contributed by atoms with Gasteiger partial charge in [0, 0.05) is 0 Å². The van der Waals surface area contributed by atoms with Gasteiger partial charge in [0.2, 0.25) is 5.96 Å². The standard InChI is InChI=1S/C4H7F3N4/c1-2(4(5,6)7)10-11-3(8)9/h1H3,(H4,8,9,11)/b10-2-. The van der Waals surface area contributed by atoms with Crippen LogP contribution in [-0.4, -0.2) is 17.8 Å². The molecule has 0 aliphatic carbocycles. The van der Waals surface area contributed by atoms with Gasteiger partial charge in [-0.1, -0.05) is 0 Å². The van der Waals surface area contributed by atoms with Crippen molar-refractivity contribution in [3.8, 4) is 0 Å². The molecule has 0 aromatic rings. The molecule has 0 saturated heterocycles. The Balaban J connectivity index is 4.36. The molecule has 0 fully saturated rings.